The lowest BCUT2D eigenvalue weighted by Crippen LogP contribution is -2.12. The summed E-state index contributed by atoms with van der Waals surface area (Å²) in [6, 6.07) is 8.73. The molecule has 5 rings (SSSR count). The number of hydrogen-bond acceptors (Lipinski definition) is 6. The van der Waals surface area contributed by atoms with Crippen molar-refractivity contribution >= 4 is 22.6 Å². The second kappa shape index (κ2) is 6.84. The van der Waals surface area contributed by atoms with Gasteiger partial charge < -0.3 is 15.1 Å². The van der Waals surface area contributed by atoms with Crippen LogP contribution in [0.1, 0.15) is 17.5 Å². The number of fused-ring (bicyclic) bond motifs is 1. The number of nitrogens with zero attached hydrogens (tertiary/aromatic N) is 5. The third kappa shape index (κ3) is 3.08. The fourth-order valence-corrected chi connectivity index (χ4v) is 3.49. The van der Waals surface area contributed by atoms with Crippen molar-refractivity contribution in [2.45, 2.75) is 6.04 Å². The minimum atomic E-state index is -0.612. The van der Waals surface area contributed by atoms with Gasteiger partial charge in [0.05, 0.1) is 11.8 Å². The highest BCUT2D eigenvalue weighted by Crippen LogP contribution is 2.32. The third-order valence-electron chi connectivity index (χ3n) is 4.75. The molecule has 0 fully saturated rings. The van der Waals surface area contributed by atoms with Crippen molar-refractivity contribution in [2.75, 3.05) is 0 Å². The summed E-state index contributed by atoms with van der Waals surface area (Å²) in [6.45, 7) is 0. The van der Waals surface area contributed by atoms with Gasteiger partial charge in [-0.15, -0.1) is 10.2 Å². The monoisotopic (exact) mass is 405 g/mol. The Labute approximate surface area is 170 Å². The second-order valence-corrected chi connectivity index (χ2v) is 7.08. The van der Waals surface area contributed by atoms with Gasteiger partial charge in [-0.05, 0) is 17.7 Å². The minimum absolute atomic E-state index is 0.291. The number of rotatable bonds is 4. The van der Waals surface area contributed by atoms with Crippen molar-refractivity contribution in [3.05, 3.63) is 71.6 Å². The molecule has 0 saturated heterocycles. The van der Waals surface area contributed by atoms with Crippen LogP contribution >= 0.6 is 11.6 Å². The molecule has 4 aromatic heterocycles. The number of pyridine rings is 1. The van der Waals surface area contributed by atoms with Gasteiger partial charge in [-0.2, -0.15) is 5.10 Å². The molecule has 8 nitrogen and oxygen atoms in total. The summed E-state index contributed by atoms with van der Waals surface area (Å²) in [4.78, 5) is 7.63. The fourth-order valence-electron chi connectivity index (χ4n) is 3.24. The molecule has 3 N–H and O–H groups in total. The Bertz CT molecular complexity index is 1320. The van der Waals surface area contributed by atoms with E-state index >= 15 is 0 Å². The molecule has 0 aliphatic carbocycles. The van der Waals surface area contributed by atoms with Crippen molar-refractivity contribution in [3.63, 3.8) is 0 Å². The molecular formula is C20H16ClN7O. The summed E-state index contributed by atoms with van der Waals surface area (Å²) in [5.41, 5.74) is 10.4. The van der Waals surface area contributed by atoms with Gasteiger partial charge in [0.15, 0.2) is 0 Å². The van der Waals surface area contributed by atoms with Crippen molar-refractivity contribution in [3.8, 4) is 22.6 Å². The molecule has 29 heavy (non-hydrogen) atoms. The van der Waals surface area contributed by atoms with E-state index in [9.17, 15) is 0 Å². The van der Waals surface area contributed by atoms with E-state index in [-0.39, 0.29) is 0 Å². The summed E-state index contributed by atoms with van der Waals surface area (Å²) in [6.07, 6.45) is 7.32. The summed E-state index contributed by atoms with van der Waals surface area (Å²) in [5.74, 6) is 0.651. The van der Waals surface area contributed by atoms with E-state index in [4.69, 9.17) is 21.8 Å². The predicted octanol–water partition coefficient (Wildman–Crippen LogP) is 3.71. The number of nitrogens with one attached hydrogen (secondary N) is 1. The number of aryl methyl sites for hydroxylation is 1. The molecule has 4 heterocycles. The molecule has 0 aliphatic heterocycles. The summed E-state index contributed by atoms with van der Waals surface area (Å²) in [5, 5.41) is 14.0. The number of aromatic amines is 1. The van der Waals surface area contributed by atoms with E-state index in [0.29, 0.717) is 16.8 Å². The molecular weight excluding hydrogens is 390 g/mol. The molecule has 0 bridgehead atoms. The number of aromatic nitrogens is 6. The number of hydrogen-bond donors (Lipinski definition) is 2. The first-order valence-electron chi connectivity index (χ1n) is 8.90. The summed E-state index contributed by atoms with van der Waals surface area (Å²) < 4.78 is 7.63. The van der Waals surface area contributed by atoms with Crippen molar-refractivity contribution in [2.24, 2.45) is 12.8 Å². The lowest BCUT2D eigenvalue weighted by molar-refractivity contribution is 0.484. The van der Waals surface area contributed by atoms with Crippen LogP contribution < -0.4 is 5.73 Å². The first-order valence-corrected chi connectivity index (χ1v) is 9.28. The molecule has 0 radical (unpaired) electrons. The highest BCUT2D eigenvalue weighted by Gasteiger charge is 2.21. The zero-order chi connectivity index (χ0) is 20.0. The van der Waals surface area contributed by atoms with Gasteiger partial charge in [0.1, 0.15) is 11.7 Å². The van der Waals surface area contributed by atoms with Crippen LogP contribution in [0.3, 0.4) is 0 Å². The number of H-pyrrole nitrogens is 1. The molecule has 1 unspecified atom stereocenters. The zero-order valence-corrected chi connectivity index (χ0v) is 16.1. The Balaban J connectivity index is 1.54. The molecule has 144 valence electrons. The van der Waals surface area contributed by atoms with E-state index < -0.39 is 6.04 Å². The van der Waals surface area contributed by atoms with E-state index in [2.05, 4.69) is 25.3 Å². The Morgan fingerprint density at radius 1 is 1.17 bits per heavy atom. The van der Waals surface area contributed by atoms with Crippen LogP contribution in [0.15, 0.2) is 59.5 Å². The molecule has 9 heteroatoms. The van der Waals surface area contributed by atoms with Gasteiger partial charge >= 0.3 is 0 Å². The van der Waals surface area contributed by atoms with Crippen molar-refractivity contribution in [1.82, 2.24) is 29.9 Å². The first-order chi connectivity index (χ1) is 14.1. The first kappa shape index (κ1) is 17.6. The number of nitrogens with two attached hydrogens (primary N) is 1. The van der Waals surface area contributed by atoms with Crippen LogP contribution in [0.5, 0.6) is 0 Å². The smallest absolute Gasteiger partial charge is 0.250 e. The molecule has 1 aromatic carbocycles. The van der Waals surface area contributed by atoms with E-state index in [0.717, 1.165) is 33.3 Å². The molecule has 1 atom stereocenters. The Morgan fingerprint density at radius 3 is 2.83 bits per heavy atom. The van der Waals surface area contributed by atoms with Crippen molar-refractivity contribution in [1.29, 1.82) is 0 Å². The SMILES string of the molecule is Cn1cc(-c2cnc3[nH]cc(-c4nnc(C(N)c5ccccc5Cl)o4)c3c2)cn1. The molecule has 0 spiro atoms. The molecule has 0 amide bonds. The van der Waals surface area contributed by atoms with Crippen LogP contribution in [-0.4, -0.2) is 29.9 Å². The van der Waals surface area contributed by atoms with Gasteiger partial charge in [0.2, 0.25) is 11.8 Å². The number of halogens is 1. The maximum absolute atomic E-state index is 6.29. The van der Waals surface area contributed by atoms with E-state index in [1.54, 1.807) is 29.3 Å². The van der Waals surface area contributed by atoms with Crippen molar-refractivity contribution < 1.29 is 4.42 Å². The molecule has 5 aromatic rings. The van der Waals surface area contributed by atoms with Crippen LogP contribution in [0.2, 0.25) is 5.02 Å². The maximum Gasteiger partial charge on any atom is 0.250 e. The third-order valence-corrected chi connectivity index (χ3v) is 5.09. The number of benzene rings is 1. The minimum Gasteiger partial charge on any atom is -0.419 e. The fraction of sp³-hybridized carbons (Fsp3) is 0.100. The Morgan fingerprint density at radius 2 is 2.03 bits per heavy atom. The van der Waals surface area contributed by atoms with Gasteiger partial charge in [0, 0.05) is 47.2 Å². The average molecular weight is 406 g/mol. The van der Waals surface area contributed by atoms with E-state index in [1.165, 1.54) is 0 Å². The standard InChI is InChI=1S/C20H16ClN7O/c1-28-10-12(8-25-28)11-6-14-15(9-24-18(14)23-7-11)19-26-27-20(29-19)17(22)13-4-2-3-5-16(13)21/h2-10,17H,22H2,1H3,(H,23,24). The lowest BCUT2D eigenvalue weighted by atomic mass is 10.1. The maximum atomic E-state index is 6.29. The van der Waals surface area contributed by atoms with Gasteiger partial charge in [0.25, 0.3) is 0 Å². The Hall–Kier alpha value is -3.49. The van der Waals surface area contributed by atoms with Gasteiger partial charge in [-0.3, -0.25) is 4.68 Å². The van der Waals surface area contributed by atoms with Gasteiger partial charge in [-0.1, -0.05) is 29.8 Å². The average Bonchev–Trinajstić information content (AvgIpc) is 3.46. The quantitative estimate of drug-likeness (QED) is 0.471. The van der Waals surface area contributed by atoms with Crippen LogP contribution in [0, 0.1) is 0 Å². The largest absolute Gasteiger partial charge is 0.419 e. The highest BCUT2D eigenvalue weighted by atomic mass is 35.5. The van der Waals surface area contributed by atoms with Gasteiger partial charge in [-0.25, -0.2) is 4.98 Å². The normalized spacial score (nSPS) is 12.5. The highest BCUT2D eigenvalue weighted by molar-refractivity contribution is 6.31. The van der Waals surface area contributed by atoms with Crippen LogP contribution in [0.25, 0.3) is 33.6 Å². The lowest BCUT2D eigenvalue weighted by Gasteiger charge is -2.08. The summed E-state index contributed by atoms with van der Waals surface area (Å²) >= 11 is 6.24. The zero-order valence-electron chi connectivity index (χ0n) is 15.4. The van der Waals surface area contributed by atoms with Crippen LogP contribution in [-0.2, 0) is 7.05 Å². The van der Waals surface area contributed by atoms with E-state index in [1.807, 2.05) is 37.5 Å². The topological polar surface area (TPSA) is 111 Å². The Kier molecular flexibility index (Phi) is 4.15. The summed E-state index contributed by atoms with van der Waals surface area (Å²) in [7, 11) is 1.87. The molecule has 0 aliphatic rings. The van der Waals surface area contributed by atoms with Crippen LogP contribution in [0.4, 0.5) is 0 Å². The molecule has 0 saturated carbocycles. The predicted molar refractivity (Wildman–Crippen MR) is 109 cm³/mol. The second-order valence-electron chi connectivity index (χ2n) is 6.67.